The van der Waals surface area contributed by atoms with Gasteiger partial charge in [0.25, 0.3) is 0 Å². The van der Waals surface area contributed by atoms with Gasteiger partial charge in [0.2, 0.25) is 0 Å². The van der Waals surface area contributed by atoms with E-state index >= 15 is 0 Å². The third-order valence-corrected chi connectivity index (χ3v) is 4.53. The van der Waals surface area contributed by atoms with E-state index in [4.69, 9.17) is 0 Å². The monoisotopic (exact) mass is 312 g/mol. The largest absolute Gasteiger partial charge is 0.384 e. The summed E-state index contributed by atoms with van der Waals surface area (Å²) in [6, 6.07) is -0.0290. The molecule has 3 rings (SSSR count). The van der Waals surface area contributed by atoms with Crippen molar-refractivity contribution in [1.29, 1.82) is 0 Å². The van der Waals surface area contributed by atoms with E-state index in [1.807, 2.05) is 18.2 Å². The van der Waals surface area contributed by atoms with Crippen LogP contribution < -0.4 is 10.6 Å². The summed E-state index contributed by atoms with van der Waals surface area (Å²) in [5.74, 6) is 0. The number of rotatable bonds is 4. The molecule has 2 heterocycles. The number of hydrogen-bond donors (Lipinski definition) is 3. The van der Waals surface area contributed by atoms with Gasteiger partial charge in [-0.2, -0.15) is 0 Å². The quantitative estimate of drug-likeness (QED) is 0.694. The Morgan fingerprint density at radius 2 is 2.26 bits per heavy atom. The van der Waals surface area contributed by atoms with Crippen LogP contribution in [0.25, 0.3) is 0 Å². The predicted octanol–water partition coefficient (Wildman–Crippen LogP) is 1.91. The van der Waals surface area contributed by atoms with Gasteiger partial charge >= 0.3 is 0 Å². The van der Waals surface area contributed by atoms with Crippen molar-refractivity contribution in [3.05, 3.63) is 59.4 Å². The average molecular weight is 312 g/mol. The molecule has 0 amide bonds. The molecule has 1 aliphatic carbocycles. The van der Waals surface area contributed by atoms with E-state index in [2.05, 4.69) is 28.9 Å². The highest BCUT2D eigenvalue weighted by atomic mass is 16.3. The molecule has 1 fully saturated rings. The van der Waals surface area contributed by atoms with E-state index in [0.29, 0.717) is 12.1 Å². The van der Waals surface area contributed by atoms with Crippen molar-refractivity contribution in [2.45, 2.75) is 37.3 Å². The third kappa shape index (κ3) is 3.89. The number of allylic oxidation sites excluding steroid dienone is 5. The molecular formula is C19H24N2O2. The maximum absolute atomic E-state index is 10.9. The zero-order chi connectivity index (χ0) is 16.1. The second-order valence-corrected chi connectivity index (χ2v) is 6.39. The first-order valence-electron chi connectivity index (χ1n) is 8.33. The number of aldehydes is 1. The number of carbonyl (C=O) groups is 1. The third-order valence-electron chi connectivity index (χ3n) is 4.53. The molecule has 3 aliphatic rings. The van der Waals surface area contributed by atoms with Gasteiger partial charge in [0.15, 0.2) is 6.29 Å². The highest BCUT2D eigenvalue weighted by Gasteiger charge is 2.29. The zero-order valence-corrected chi connectivity index (χ0v) is 13.3. The van der Waals surface area contributed by atoms with Gasteiger partial charge in [-0.15, -0.1) is 0 Å². The minimum absolute atomic E-state index is 0.0290. The maximum atomic E-state index is 10.9. The first kappa shape index (κ1) is 16.0. The number of β-amino-alcohol motifs (C(OH)–C–C–N with tert-alkyl or cyclic N) is 1. The Morgan fingerprint density at radius 3 is 2.87 bits per heavy atom. The molecular weight excluding hydrogens is 288 g/mol. The highest BCUT2D eigenvalue weighted by Crippen LogP contribution is 2.28. The first-order valence-corrected chi connectivity index (χ1v) is 8.33. The molecule has 2 atom stereocenters. The lowest BCUT2D eigenvalue weighted by Gasteiger charge is -2.33. The molecule has 2 unspecified atom stereocenters. The van der Waals surface area contributed by atoms with E-state index < -0.39 is 5.60 Å². The average Bonchev–Trinajstić information content (AvgIpc) is 2.61. The molecule has 4 heteroatoms. The van der Waals surface area contributed by atoms with Gasteiger partial charge < -0.3 is 15.7 Å². The van der Waals surface area contributed by atoms with Gasteiger partial charge in [0.1, 0.15) is 0 Å². The van der Waals surface area contributed by atoms with Crippen molar-refractivity contribution in [2.75, 3.05) is 13.1 Å². The Morgan fingerprint density at radius 1 is 1.35 bits per heavy atom. The molecule has 0 aromatic heterocycles. The van der Waals surface area contributed by atoms with Crippen molar-refractivity contribution in [2.24, 2.45) is 0 Å². The number of dihydropyridines is 1. The highest BCUT2D eigenvalue weighted by molar-refractivity contribution is 5.78. The van der Waals surface area contributed by atoms with E-state index in [0.717, 1.165) is 49.7 Å². The molecule has 0 saturated carbocycles. The van der Waals surface area contributed by atoms with Gasteiger partial charge in [-0.25, -0.2) is 0 Å². The minimum atomic E-state index is -0.816. The predicted molar refractivity (Wildman–Crippen MR) is 91.8 cm³/mol. The molecule has 4 nitrogen and oxygen atoms in total. The smallest absolute Gasteiger partial charge is 0.151 e. The SMILES string of the molecule is O=CC1=CNC(/C(=C/C2(O)CCCNC2)C2=CCCC=C2)C=C1. The van der Waals surface area contributed by atoms with Crippen molar-refractivity contribution in [1.82, 2.24) is 10.6 Å². The molecule has 1 saturated heterocycles. The van der Waals surface area contributed by atoms with Gasteiger partial charge in [0, 0.05) is 18.3 Å². The second kappa shape index (κ2) is 7.11. The number of piperidine rings is 1. The number of aliphatic hydroxyl groups is 1. The van der Waals surface area contributed by atoms with Crippen LogP contribution in [0.5, 0.6) is 0 Å². The molecule has 0 aromatic carbocycles. The van der Waals surface area contributed by atoms with Crippen LogP contribution in [0.4, 0.5) is 0 Å². The Hall–Kier alpha value is -1.91. The van der Waals surface area contributed by atoms with Crippen LogP contribution in [0.1, 0.15) is 25.7 Å². The van der Waals surface area contributed by atoms with Crippen LogP contribution in [-0.4, -0.2) is 36.1 Å². The maximum Gasteiger partial charge on any atom is 0.151 e. The fraction of sp³-hybridized carbons (Fsp3) is 0.421. The summed E-state index contributed by atoms with van der Waals surface area (Å²) in [7, 11) is 0. The fourth-order valence-electron chi connectivity index (χ4n) is 3.27. The summed E-state index contributed by atoms with van der Waals surface area (Å²) in [6.45, 7) is 1.54. The number of carbonyl (C=O) groups excluding carboxylic acids is 1. The summed E-state index contributed by atoms with van der Waals surface area (Å²) in [6.07, 6.45) is 18.7. The van der Waals surface area contributed by atoms with Crippen LogP contribution >= 0.6 is 0 Å². The van der Waals surface area contributed by atoms with Gasteiger partial charge in [-0.05, 0) is 49.5 Å². The first-order chi connectivity index (χ1) is 11.2. The van der Waals surface area contributed by atoms with Gasteiger partial charge in [-0.3, -0.25) is 4.79 Å². The zero-order valence-electron chi connectivity index (χ0n) is 13.3. The summed E-state index contributed by atoms with van der Waals surface area (Å²) in [5.41, 5.74) is 2.04. The summed E-state index contributed by atoms with van der Waals surface area (Å²) in [4.78, 5) is 10.9. The Balaban J connectivity index is 1.90. The normalized spacial score (nSPS) is 31.2. The molecule has 3 N–H and O–H groups in total. The number of hydrogen-bond acceptors (Lipinski definition) is 4. The van der Waals surface area contributed by atoms with Crippen LogP contribution in [0.2, 0.25) is 0 Å². The van der Waals surface area contributed by atoms with Crippen molar-refractivity contribution in [3.8, 4) is 0 Å². The topological polar surface area (TPSA) is 61.4 Å². The van der Waals surface area contributed by atoms with Crippen LogP contribution in [-0.2, 0) is 4.79 Å². The molecule has 0 radical (unpaired) electrons. The van der Waals surface area contributed by atoms with Crippen LogP contribution in [0.3, 0.4) is 0 Å². The van der Waals surface area contributed by atoms with E-state index in [-0.39, 0.29) is 6.04 Å². The summed E-state index contributed by atoms with van der Waals surface area (Å²) >= 11 is 0. The Kier molecular flexibility index (Phi) is 4.94. The second-order valence-electron chi connectivity index (χ2n) is 6.39. The lowest BCUT2D eigenvalue weighted by atomic mass is 9.85. The summed E-state index contributed by atoms with van der Waals surface area (Å²) in [5, 5.41) is 17.4. The van der Waals surface area contributed by atoms with E-state index in [9.17, 15) is 9.90 Å². The van der Waals surface area contributed by atoms with Crippen molar-refractivity contribution >= 4 is 6.29 Å². The molecule has 0 aromatic rings. The molecule has 122 valence electrons. The minimum Gasteiger partial charge on any atom is -0.384 e. The molecule has 0 spiro atoms. The molecule has 23 heavy (non-hydrogen) atoms. The van der Waals surface area contributed by atoms with Crippen LogP contribution in [0, 0.1) is 0 Å². The van der Waals surface area contributed by atoms with E-state index in [1.165, 1.54) is 0 Å². The number of nitrogens with one attached hydrogen (secondary N) is 2. The molecule has 2 aliphatic heterocycles. The van der Waals surface area contributed by atoms with Gasteiger partial charge in [0.05, 0.1) is 11.6 Å². The fourth-order valence-corrected chi connectivity index (χ4v) is 3.27. The van der Waals surface area contributed by atoms with Crippen molar-refractivity contribution in [3.63, 3.8) is 0 Å². The summed E-state index contributed by atoms with van der Waals surface area (Å²) < 4.78 is 0. The van der Waals surface area contributed by atoms with E-state index in [1.54, 1.807) is 6.20 Å². The lowest BCUT2D eigenvalue weighted by molar-refractivity contribution is -0.104. The Bertz CT molecular complexity index is 605. The van der Waals surface area contributed by atoms with Crippen molar-refractivity contribution < 1.29 is 9.90 Å². The van der Waals surface area contributed by atoms with Crippen LogP contribution in [0.15, 0.2) is 59.4 Å². The standard InChI is InChI=1S/C19H24N2O2/c22-13-15-7-8-18(21-12-15)17(16-5-2-1-3-6-16)11-19(23)9-4-10-20-14-19/h2,5-8,11-13,18,20-21,23H,1,3-4,9-10,14H2/b17-11+. The lowest BCUT2D eigenvalue weighted by Crippen LogP contribution is -2.45. The van der Waals surface area contributed by atoms with Gasteiger partial charge in [-0.1, -0.05) is 30.4 Å². The Labute approximate surface area is 137 Å². The molecule has 0 bridgehead atoms.